The molecular weight excluding hydrogens is 560 g/mol. The van der Waals surface area contributed by atoms with Crippen LogP contribution in [0.25, 0.3) is 11.0 Å². The standard InChI is InChI=1S/C28H35BrN6O3.CH4/c1-28(2,3)38-27(37)34-15-13-33(14-16-34)19-11-12-22-23(17-19)35(18-7-4-5-8-18)26(31-22)32-25(36)24-20(29)9-6-10-21(24)30;/h6,9-12,17-18H,4-5,7-8,13-16,30H2,1-3H3,(H,31,32,36);1H4. The topological polar surface area (TPSA) is 106 Å². The van der Waals surface area contributed by atoms with E-state index in [1.165, 1.54) is 0 Å². The zero-order valence-corrected chi connectivity index (χ0v) is 23.8. The lowest BCUT2D eigenvalue weighted by Crippen LogP contribution is -2.50. The molecular formula is C29H39BrN6O3. The first-order valence-corrected chi connectivity index (χ1v) is 14.0. The van der Waals surface area contributed by atoms with Crippen molar-refractivity contribution in [1.82, 2.24) is 14.5 Å². The molecule has 210 valence electrons. The minimum Gasteiger partial charge on any atom is -0.444 e. The molecule has 2 fully saturated rings. The number of aromatic nitrogens is 2. The SMILES string of the molecule is C.CC(C)(C)OC(=O)N1CCN(c2ccc3nc(NC(=O)c4c(N)cccc4Br)n(C4CCCC4)c3c2)CC1. The van der Waals surface area contributed by atoms with Gasteiger partial charge < -0.3 is 24.8 Å². The van der Waals surface area contributed by atoms with Crippen molar-refractivity contribution >= 4 is 56.3 Å². The van der Waals surface area contributed by atoms with Crippen LogP contribution in [0.5, 0.6) is 0 Å². The number of carbonyl (C=O) groups is 2. The summed E-state index contributed by atoms with van der Waals surface area (Å²) in [6.45, 7) is 8.28. The molecule has 1 aromatic heterocycles. The van der Waals surface area contributed by atoms with Crippen LogP contribution >= 0.6 is 15.9 Å². The van der Waals surface area contributed by atoms with Crippen LogP contribution in [-0.2, 0) is 4.74 Å². The van der Waals surface area contributed by atoms with Crippen molar-refractivity contribution in [1.29, 1.82) is 0 Å². The third-order valence-corrected chi connectivity index (χ3v) is 7.82. The van der Waals surface area contributed by atoms with E-state index in [2.05, 4.69) is 42.8 Å². The molecule has 10 heteroatoms. The largest absolute Gasteiger partial charge is 0.444 e. The fourth-order valence-corrected chi connectivity index (χ4v) is 5.88. The Kier molecular flexibility index (Phi) is 8.44. The van der Waals surface area contributed by atoms with Gasteiger partial charge in [0.05, 0.1) is 16.6 Å². The Morgan fingerprint density at radius 2 is 1.77 bits per heavy atom. The second kappa shape index (κ2) is 11.5. The number of anilines is 3. The van der Waals surface area contributed by atoms with Gasteiger partial charge in [0.25, 0.3) is 5.91 Å². The molecule has 0 bridgehead atoms. The molecule has 1 saturated carbocycles. The fourth-order valence-electron chi connectivity index (χ4n) is 5.32. The summed E-state index contributed by atoms with van der Waals surface area (Å²) in [6, 6.07) is 11.8. The zero-order chi connectivity index (χ0) is 27.0. The van der Waals surface area contributed by atoms with Crippen molar-refractivity contribution in [2.45, 2.75) is 65.5 Å². The van der Waals surface area contributed by atoms with Gasteiger partial charge >= 0.3 is 6.09 Å². The molecule has 3 aromatic rings. The lowest BCUT2D eigenvalue weighted by Gasteiger charge is -2.36. The highest BCUT2D eigenvalue weighted by molar-refractivity contribution is 9.10. The number of fused-ring (bicyclic) bond motifs is 1. The number of amides is 2. The molecule has 0 radical (unpaired) electrons. The van der Waals surface area contributed by atoms with Gasteiger partial charge in [0.15, 0.2) is 0 Å². The van der Waals surface area contributed by atoms with Crippen LogP contribution in [0, 0.1) is 0 Å². The van der Waals surface area contributed by atoms with Gasteiger partial charge in [0.2, 0.25) is 5.95 Å². The van der Waals surface area contributed by atoms with Crippen LogP contribution < -0.4 is 16.0 Å². The van der Waals surface area contributed by atoms with E-state index in [4.69, 9.17) is 15.5 Å². The number of nitrogens with one attached hydrogen (secondary N) is 1. The number of ether oxygens (including phenoxy) is 1. The molecule has 0 spiro atoms. The number of nitrogen functional groups attached to an aromatic ring is 1. The minimum absolute atomic E-state index is 0. The van der Waals surface area contributed by atoms with Gasteiger partial charge in [-0.05, 0) is 79.9 Å². The van der Waals surface area contributed by atoms with E-state index in [1.54, 1.807) is 23.1 Å². The molecule has 0 unspecified atom stereocenters. The van der Waals surface area contributed by atoms with E-state index < -0.39 is 5.60 Å². The summed E-state index contributed by atoms with van der Waals surface area (Å²) < 4.78 is 8.37. The van der Waals surface area contributed by atoms with Crippen molar-refractivity contribution in [3.8, 4) is 0 Å². The summed E-state index contributed by atoms with van der Waals surface area (Å²) in [4.78, 5) is 34.6. The quantitative estimate of drug-likeness (QED) is 0.335. The maximum absolute atomic E-state index is 13.3. The Balaban J connectivity index is 0.00000353. The van der Waals surface area contributed by atoms with E-state index in [0.717, 1.165) is 42.4 Å². The molecule has 3 N–H and O–H groups in total. The molecule has 2 aromatic carbocycles. The summed E-state index contributed by atoms with van der Waals surface area (Å²) >= 11 is 3.46. The Morgan fingerprint density at radius 1 is 1.08 bits per heavy atom. The predicted molar refractivity (Wildman–Crippen MR) is 160 cm³/mol. The third kappa shape index (κ3) is 6.16. The second-order valence-electron chi connectivity index (χ2n) is 11.0. The highest BCUT2D eigenvalue weighted by Gasteiger charge is 2.28. The Bertz CT molecular complexity index is 1330. The minimum atomic E-state index is -0.507. The van der Waals surface area contributed by atoms with Crippen LogP contribution in [0.3, 0.4) is 0 Å². The number of nitrogens with zero attached hydrogens (tertiary/aromatic N) is 4. The molecule has 2 aliphatic rings. The number of benzene rings is 2. The molecule has 1 saturated heterocycles. The molecule has 1 aliphatic heterocycles. The average Bonchev–Trinajstić information content (AvgIpc) is 3.50. The van der Waals surface area contributed by atoms with Crippen LogP contribution in [0.1, 0.15) is 70.3 Å². The maximum Gasteiger partial charge on any atom is 0.410 e. The summed E-state index contributed by atoms with van der Waals surface area (Å²) in [5.74, 6) is 0.252. The number of rotatable bonds is 4. The van der Waals surface area contributed by atoms with Crippen molar-refractivity contribution in [2.24, 2.45) is 0 Å². The first kappa shape index (κ1) is 28.7. The molecule has 5 rings (SSSR count). The van der Waals surface area contributed by atoms with Gasteiger partial charge in [-0.15, -0.1) is 0 Å². The lowest BCUT2D eigenvalue weighted by atomic mass is 10.1. The monoisotopic (exact) mass is 598 g/mol. The van der Waals surface area contributed by atoms with Gasteiger partial charge in [0, 0.05) is 48.1 Å². The third-order valence-electron chi connectivity index (χ3n) is 7.16. The van der Waals surface area contributed by atoms with Gasteiger partial charge in [-0.1, -0.05) is 26.3 Å². The van der Waals surface area contributed by atoms with E-state index in [-0.39, 0.29) is 25.5 Å². The summed E-state index contributed by atoms with van der Waals surface area (Å²) in [7, 11) is 0. The lowest BCUT2D eigenvalue weighted by molar-refractivity contribution is 0.0240. The van der Waals surface area contributed by atoms with Gasteiger partial charge in [0.1, 0.15) is 5.60 Å². The first-order valence-electron chi connectivity index (χ1n) is 13.2. The predicted octanol–water partition coefficient (Wildman–Crippen LogP) is 6.44. The zero-order valence-electron chi connectivity index (χ0n) is 22.2. The average molecular weight is 600 g/mol. The molecule has 9 nitrogen and oxygen atoms in total. The van der Waals surface area contributed by atoms with E-state index >= 15 is 0 Å². The Morgan fingerprint density at radius 3 is 2.41 bits per heavy atom. The molecule has 0 atom stereocenters. The first-order chi connectivity index (χ1) is 18.1. The summed E-state index contributed by atoms with van der Waals surface area (Å²) in [5, 5.41) is 3.04. The number of imidazole rings is 1. The summed E-state index contributed by atoms with van der Waals surface area (Å²) in [5.41, 5.74) is 9.34. The smallest absolute Gasteiger partial charge is 0.410 e. The number of hydrogen-bond donors (Lipinski definition) is 2. The number of piperazine rings is 1. The van der Waals surface area contributed by atoms with E-state index in [1.807, 2.05) is 26.8 Å². The fraction of sp³-hybridized carbons (Fsp3) is 0.483. The van der Waals surface area contributed by atoms with Crippen LogP contribution in [0.2, 0.25) is 0 Å². The van der Waals surface area contributed by atoms with Crippen LogP contribution in [0.4, 0.5) is 22.1 Å². The van der Waals surface area contributed by atoms with E-state index in [0.29, 0.717) is 47.9 Å². The van der Waals surface area contributed by atoms with Crippen molar-refractivity contribution in [2.75, 3.05) is 42.1 Å². The van der Waals surface area contributed by atoms with Crippen molar-refractivity contribution in [3.63, 3.8) is 0 Å². The maximum atomic E-state index is 13.3. The molecule has 39 heavy (non-hydrogen) atoms. The summed E-state index contributed by atoms with van der Waals surface area (Å²) in [6.07, 6.45) is 4.13. The van der Waals surface area contributed by atoms with Gasteiger partial charge in [-0.25, -0.2) is 9.78 Å². The number of halogens is 1. The van der Waals surface area contributed by atoms with Crippen LogP contribution in [-0.4, -0.2) is 58.2 Å². The number of hydrogen-bond acceptors (Lipinski definition) is 6. The highest BCUT2D eigenvalue weighted by atomic mass is 79.9. The second-order valence-corrected chi connectivity index (χ2v) is 11.9. The number of nitrogens with two attached hydrogens (primary N) is 1. The number of carbonyl (C=O) groups excluding carboxylic acids is 2. The molecule has 2 heterocycles. The van der Waals surface area contributed by atoms with Crippen molar-refractivity contribution in [3.05, 3.63) is 46.4 Å². The van der Waals surface area contributed by atoms with Gasteiger partial charge in [-0.3, -0.25) is 10.1 Å². The van der Waals surface area contributed by atoms with Crippen LogP contribution in [0.15, 0.2) is 40.9 Å². The van der Waals surface area contributed by atoms with E-state index in [9.17, 15) is 9.59 Å². The molecule has 2 amide bonds. The Labute approximate surface area is 238 Å². The van der Waals surface area contributed by atoms with Gasteiger partial charge in [-0.2, -0.15) is 0 Å². The molecule has 1 aliphatic carbocycles. The normalized spacial score (nSPS) is 16.3. The van der Waals surface area contributed by atoms with Crippen molar-refractivity contribution < 1.29 is 14.3 Å². The Hall–Kier alpha value is -3.27. The highest BCUT2D eigenvalue weighted by Crippen LogP contribution is 2.37.